The summed E-state index contributed by atoms with van der Waals surface area (Å²) in [5.74, 6) is 0.824. The van der Waals surface area contributed by atoms with Crippen LogP contribution in [-0.4, -0.2) is 36.2 Å². The zero-order valence-electron chi connectivity index (χ0n) is 18.0. The van der Waals surface area contributed by atoms with Crippen molar-refractivity contribution in [2.45, 2.75) is 25.5 Å². The number of halogens is 1. The van der Waals surface area contributed by atoms with Crippen molar-refractivity contribution in [2.24, 2.45) is 7.05 Å². The van der Waals surface area contributed by atoms with Crippen LogP contribution in [-0.2, 0) is 18.4 Å². The minimum Gasteiger partial charge on any atom is -0.322 e. The Hall–Kier alpha value is -3.10. The van der Waals surface area contributed by atoms with Gasteiger partial charge in [-0.05, 0) is 43.7 Å². The molecule has 0 radical (unpaired) electrons. The number of amides is 1. The van der Waals surface area contributed by atoms with Gasteiger partial charge in [-0.15, -0.1) is 10.2 Å². The van der Waals surface area contributed by atoms with Crippen molar-refractivity contribution in [3.05, 3.63) is 76.6 Å². The lowest BCUT2D eigenvalue weighted by molar-refractivity contribution is -0.113. The van der Waals surface area contributed by atoms with Crippen molar-refractivity contribution in [3.8, 4) is 11.4 Å². The van der Waals surface area contributed by atoms with Gasteiger partial charge in [0.1, 0.15) is 0 Å². The van der Waals surface area contributed by atoms with Crippen LogP contribution in [0.15, 0.2) is 59.8 Å². The van der Waals surface area contributed by atoms with Crippen molar-refractivity contribution in [1.29, 1.82) is 0 Å². The first-order valence-electron chi connectivity index (χ1n) is 10.1. The number of hydrogen-bond donors (Lipinski definition) is 1. The predicted molar refractivity (Wildman–Crippen MR) is 128 cm³/mol. The second kappa shape index (κ2) is 9.58. The third-order valence-corrected chi connectivity index (χ3v) is 6.33. The maximum absolute atomic E-state index is 12.6. The molecule has 0 bridgehead atoms. The molecule has 0 atom stereocenters. The van der Waals surface area contributed by atoms with E-state index in [2.05, 4.69) is 32.7 Å². The molecule has 0 saturated carbocycles. The number of nitrogens with zero attached hydrogens (tertiary/aromatic N) is 5. The monoisotopic (exact) mass is 466 g/mol. The maximum Gasteiger partial charge on any atom is 0.234 e. The van der Waals surface area contributed by atoms with Crippen LogP contribution in [0, 0.1) is 13.8 Å². The van der Waals surface area contributed by atoms with Crippen molar-refractivity contribution in [2.75, 3.05) is 11.1 Å². The number of nitrogens with one attached hydrogen (secondary N) is 1. The van der Waals surface area contributed by atoms with Gasteiger partial charge in [-0.3, -0.25) is 14.0 Å². The molecule has 2 heterocycles. The van der Waals surface area contributed by atoms with Crippen molar-refractivity contribution in [3.63, 3.8) is 0 Å². The van der Waals surface area contributed by atoms with Gasteiger partial charge in [-0.25, -0.2) is 0 Å². The second-order valence-corrected chi connectivity index (χ2v) is 8.77. The summed E-state index contributed by atoms with van der Waals surface area (Å²) in [5, 5.41) is 17.4. The van der Waals surface area contributed by atoms with Crippen molar-refractivity contribution >= 4 is 35.0 Å². The quantitative estimate of drug-likeness (QED) is 0.398. The smallest absolute Gasteiger partial charge is 0.234 e. The van der Waals surface area contributed by atoms with Crippen LogP contribution < -0.4 is 5.32 Å². The SMILES string of the molecule is Cc1nn(C)c(C)c1NC(=O)CSc1nnc(-c2ccc(Cl)cc2)n1Cc1ccccc1. The van der Waals surface area contributed by atoms with Gasteiger partial charge in [-0.1, -0.05) is 53.7 Å². The average molecular weight is 467 g/mol. The van der Waals surface area contributed by atoms with Crippen LogP contribution in [0.25, 0.3) is 11.4 Å². The maximum atomic E-state index is 12.6. The molecule has 4 rings (SSSR count). The van der Waals surface area contributed by atoms with Gasteiger partial charge in [0, 0.05) is 17.6 Å². The Labute approximate surface area is 195 Å². The first kappa shape index (κ1) is 22.1. The molecule has 1 N–H and O–H groups in total. The first-order chi connectivity index (χ1) is 15.4. The molecule has 0 aliphatic heterocycles. The van der Waals surface area contributed by atoms with Crippen LogP contribution in [0.4, 0.5) is 5.69 Å². The molecule has 2 aromatic carbocycles. The van der Waals surface area contributed by atoms with Gasteiger partial charge in [0.15, 0.2) is 11.0 Å². The zero-order chi connectivity index (χ0) is 22.7. The van der Waals surface area contributed by atoms with Gasteiger partial charge in [0.2, 0.25) is 5.91 Å². The number of aryl methyl sites for hydroxylation is 2. The van der Waals surface area contributed by atoms with Crippen LogP contribution in [0.5, 0.6) is 0 Å². The summed E-state index contributed by atoms with van der Waals surface area (Å²) in [6, 6.07) is 17.6. The van der Waals surface area contributed by atoms with Gasteiger partial charge in [0.05, 0.1) is 29.4 Å². The summed E-state index contributed by atoms with van der Waals surface area (Å²) in [5.41, 5.74) is 4.50. The summed E-state index contributed by atoms with van der Waals surface area (Å²) in [6.07, 6.45) is 0. The number of carbonyl (C=O) groups excluding carboxylic acids is 1. The third kappa shape index (κ3) is 4.87. The van der Waals surface area contributed by atoms with E-state index in [1.807, 2.05) is 67.9 Å². The third-order valence-electron chi connectivity index (χ3n) is 5.11. The lowest BCUT2D eigenvalue weighted by Gasteiger charge is -2.11. The topological polar surface area (TPSA) is 77.6 Å². The Morgan fingerprint density at radius 3 is 2.44 bits per heavy atom. The van der Waals surface area contributed by atoms with Crippen molar-refractivity contribution < 1.29 is 4.79 Å². The van der Waals surface area contributed by atoms with E-state index in [0.29, 0.717) is 16.7 Å². The number of thioether (sulfide) groups is 1. The molecule has 164 valence electrons. The van der Waals surface area contributed by atoms with Gasteiger partial charge in [-0.2, -0.15) is 5.10 Å². The van der Waals surface area contributed by atoms with Crippen LogP contribution >= 0.6 is 23.4 Å². The molecular formula is C23H23ClN6OS. The number of aromatic nitrogens is 5. The fourth-order valence-electron chi connectivity index (χ4n) is 3.38. The van der Waals surface area contributed by atoms with E-state index in [1.54, 1.807) is 4.68 Å². The standard InChI is InChI=1S/C23H23ClN6OS/c1-15-21(16(2)29(3)28-15)25-20(31)14-32-23-27-26-22(18-9-11-19(24)12-10-18)30(23)13-17-7-5-4-6-8-17/h4-12H,13-14H2,1-3H3,(H,25,31). The van der Waals surface area contributed by atoms with E-state index in [4.69, 9.17) is 11.6 Å². The fourth-order valence-corrected chi connectivity index (χ4v) is 4.24. The number of anilines is 1. The van der Waals surface area contributed by atoms with E-state index in [1.165, 1.54) is 11.8 Å². The molecule has 0 aliphatic rings. The summed E-state index contributed by atoms with van der Waals surface area (Å²) in [7, 11) is 1.86. The van der Waals surface area contributed by atoms with E-state index in [-0.39, 0.29) is 11.7 Å². The Bertz CT molecular complexity index is 1230. The summed E-state index contributed by atoms with van der Waals surface area (Å²) in [6.45, 7) is 4.40. The molecule has 0 saturated heterocycles. The molecule has 4 aromatic rings. The largest absolute Gasteiger partial charge is 0.322 e. The summed E-state index contributed by atoms with van der Waals surface area (Å²) < 4.78 is 3.78. The minimum absolute atomic E-state index is 0.114. The van der Waals surface area contributed by atoms with Crippen molar-refractivity contribution in [1.82, 2.24) is 24.5 Å². The Kier molecular flexibility index (Phi) is 6.62. The molecule has 7 nitrogen and oxygen atoms in total. The summed E-state index contributed by atoms with van der Waals surface area (Å²) >= 11 is 7.41. The highest BCUT2D eigenvalue weighted by atomic mass is 35.5. The number of carbonyl (C=O) groups is 1. The molecule has 0 aliphatic carbocycles. The van der Waals surface area contributed by atoms with E-state index in [9.17, 15) is 4.79 Å². The zero-order valence-corrected chi connectivity index (χ0v) is 19.6. The number of rotatable bonds is 7. The predicted octanol–water partition coefficient (Wildman–Crippen LogP) is 4.73. The molecule has 32 heavy (non-hydrogen) atoms. The second-order valence-electron chi connectivity index (χ2n) is 7.39. The normalized spacial score (nSPS) is 11.0. The molecule has 1 amide bonds. The molecular weight excluding hydrogens is 444 g/mol. The molecule has 2 aromatic heterocycles. The van der Waals surface area contributed by atoms with Gasteiger partial charge < -0.3 is 5.32 Å². The Morgan fingerprint density at radius 2 is 1.78 bits per heavy atom. The molecule has 0 fully saturated rings. The van der Waals surface area contributed by atoms with Gasteiger partial charge >= 0.3 is 0 Å². The van der Waals surface area contributed by atoms with E-state index in [0.717, 1.165) is 34.0 Å². The molecule has 0 unspecified atom stereocenters. The average Bonchev–Trinajstić information content (AvgIpc) is 3.29. The highest BCUT2D eigenvalue weighted by molar-refractivity contribution is 7.99. The molecule has 9 heteroatoms. The summed E-state index contributed by atoms with van der Waals surface area (Å²) in [4.78, 5) is 12.6. The number of benzene rings is 2. The lowest BCUT2D eigenvalue weighted by Crippen LogP contribution is -2.16. The van der Waals surface area contributed by atoms with Crippen LogP contribution in [0.3, 0.4) is 0 Å². The van der Waals surface area contributed by atoms with E-state index >= 15 is 0 Å². The Balaban J connectivity index is 1.56. The Morgan fingerprint density at radius 1 is 1.06 bits per heavy atom. The minimum atomic E-state index is -0.114. The lowest BCUT2D eigenvalue weighted by atomic mass is 10.2. The van der Waals surface area contributed by atoms with Crippen LogP contribution in [0.1, 0.15) is 17.0 Å². The highest BCUT2D eigenvalue weighted by Gasteiger charge is 2.18. The first-order valence-corrected chi connectivity index (χ1v) is 11.4. The highest BCUT2D eigenvalue weighted by Crippen LogP contribution is 2.27. The van der Waals surface area contributed by atoms with E-state index < -0.39 is 0 Å². The van der Waals surface area contributed by atoms with Gasteiger partial charge in [0.25, 0.3) is 0 Å². The number of hydrogen-bond acceptors (Lipinski definition) is 5. The van der Waals surface area contributed by atoms with Crippen LogP contribution in [0.2, 0.25) is 5.02 Å². The fraction of sp³-hybridized carbons (Fsp3) is 0.217. The molecule has 0 spiro atoms.